The summed E-state index contributed by atoms with van der Waals surface area (Å²) in [5, 5.41) is 8.99. The van der Waals surface area contributed by atoms with Gasteiger partial charge in [-0.1, -0.05) is 58.8 Å². The third-order valence-corrected chi connectivity index (χ3v) is 6.86. The molecular weight excluding hydrogens is 386 g/mol. The van der Waals surface area contributed by atoms with Gasteiger partial charge in [0, 0.05) is 19.6 Å². The molecule has 1 heterocycles. The zero-order valence-electron chi connectivity index (χ0n) is 18.7. The van der Waals surface area contributed by atoms with Gasteiger partial charge in [0.2, 0.25) is 5.91 Å². The highest BCUT2D eigenvalue weighted by Crippen LogP contribution is 2.30. The fraction of sp³-hybridized carbons (Fsp3) is 0.913. The third-order valence-electron chi connectivity index (χ3n) is 5.57. The highest BCUT2D eigenvalue weighted by atomic mass is 32.2. The predicted molar refractivity (Wildman–Crippen MR) is 121 cm³/mol. The summed E-state index contributed by atoms with van der Waals surface area (Å²) in [6.07, 6.45) is 14.7. The number of ether oxygens (including phenoxy) is 1. The molecule has 0 aliphatic carbocycles. The fourth-order valence-corrected chi connectivity index (χ4v) is 4.99. The van der Waals surface area contributed by atoms with Gasteiger partial charge in [-0.25, -0.2) is 0 Å². The number of hydrogen-bond acceptors (Lipinski definition) is 4. The SMILES string of the molecule is CCCCCOC(CCCCC)CCC1SCC(=O)N1CCCCCCC(=O)O. The van der Waals surface area contributed by atoms with Crippen LogP contribution >= 0.6 is 11.8 Å². The summed E-state index contributed by atoms with van der Waals surface area (Å²) in [5.41, 5.74) is 0. The highest BCUT2D eigenvalue weighted by molar-refractivity contribution is 8.00. The first-order chi connectivity index (χ1) is 14.1. The Morgan fingerprint density at radius 3 is 2.52 bits per heavy atom. The molecule has 1 N–H and O–H groups in total. The molecule has 2 atom stereocenters. The van der Waals surface area contributed by atoms with Crippen LogP contribution in [0.1, 0.15) is 104 Å². The van der Waals surface area contributed by atoms with Crippen LogP contribution in [-0.4, -0.2) is 52.3 Å². The molecule has 0 aromatic rings. The van der Waals surface area contributed by atoms with Crippen LogP contribution in [0.2, 0.25) is 0 Å². The molecule has 0 radical (unpaired) electrons. The molecule has 0 aromatic carbocycles. The molecule has 2 unspecified atom stereocenters. The average Bonchev–Trinajstić information content (AvgIpc) is 3.05. The Bertz CT molecular complexity index is 447. The monoisotopic (exact) mass is 429 g/mol. The molecule has 1 rings (SSSR count). The smallest absolute Gasteiger partial charge is 0.303 e. The Morgan fingerprint density at radius 1 is 1.07 bits per heavy atom. The van der Waals surface area contributed by atoms with E-state index in [9.17, 15) is 9.59 Å². The minimum atomic E-state index is -0.721. The van der Waals surface area contributed by atoms with E-state index in [4.69, 9.17) is 9.84 Å². The van der Waals surface area contributed by atoms with Crippen LogP contribution in [0.3, 0.4) is 0 Å². The van der Waals surface area contributed by atoms with E-state index >= 15 is 0 Å². The predicted octanol–water partition coefficient (Wildman–Crippen LogP) is 5.86. The number of carbonyl (C=O) groups is 2. The van der Waals surface area contributed by atoms with Crippen molar-refractivity contribution in [1.29, 1.82) is 0 Å². The number of thioether (sulfide) groups is 1. The number of unbranched alkanes of at least 4 members (excludes halogenated alkanes) is 7. The van der Waals surface area contributed by atoms with E-state index in [-0.39, 0.29) is 17.7 Å². The Hall–Kier alpha value is -0.750. The summed E-state index contributed by atoms with van der Waals surface area (Å²) >= 11 is 1.78. The molecule has 1 fully saturated rings. The lowest BCUT2D eigenvalue weighted by Gasteiger charge is -2.26. The molecule has 170 valence electrons. The van der Waals surface area contributed by atoms with E-state index in [1.807, 2.05) is 0 Å². The summed E-state index contributed by atoms with van der Waals surface area (Å²) in [5.74, 6) is 0.139. The van der Waals surface area contributed by atoms with Crippen molar-refractivity contribution in [3.63, 3.8) is 0 Å². The molecule has 0 aromatic heterocycles. The van der Waals surface area contributed by atoms with Gasteiger partial charge in [0.15, 0.2) is 0 Å². The van der Waals surface area contributed by atoms with E-state index in [2.05, 4.69) is 18.7 Å². The lowest BCUT2D eigenvalue weighted by molar-refractivity contribution is -0.137. The van der Waals surface area contributed by atoms with Gasteiger partial charge in [0.25, 0.3) is 0 Å². The fourth-order valence-electron chi connectivity index (χ4n) is 3.78. The van der Waals surface area contributed by atoms with Gasteiger partial charge in [0.1, 0.15) is 0 Å². The largest absolute Gasteiger partial charge is 0.481 e. The van der Waals surface area contributed by atoms with E-state index in [0.717, 1.165) is 64.5 Å². The van der Waals surface area contributed by atoms with Gasteiger partial charge in [0.05, 0.1) is 17.2 Å². The van der Waals surface area contributed by atoms with E-state index in [1.54, 1.807) is 11.8 Å². The second-order valence-electron chi connectivity index (χ2n) is 8.18. The quantitative estimate of drug-likeness (QED) is 0.261. The number of hydrogen-bond donors (Lipinski definition) is 1. The number of amides is 1. The zero-order chi connectivity index (χ0) is 21.3. The molecule has 0 bridgehead atoms. The first kappa shape index (κ1) is 26.3. The third kappa shape index (κ3) is 12.5. The van der Waals surface area contributed by atoms with Gasteiger partial charge in [-0.2, -0.15) is 0 Å². The normalized spacial score (nSPS) is 17.8. The minimum absolute atomic E-state index is 0.249. The maximum absolute atomic E-state index is 12.3. The van der Waals surface area contributed by atoms with Crippen molar-refractivity contribution in [3.8, 4) is 0 Å². The lowest BCUT2D eigenvalue weighted by atomic mass is 10.1. The van der Waals surface area contributed by atoms with Crippen molar-refractivity contribution in [2.75, 3.05) is 18.9 Å². The molecule has 1 amide bonds. The van der Waals surface area contributed by atoms with Gasteiger partial charge in [-0.3, -0.25) is 9.59 Å². The summed E-state index contributed by atoms with van der Waals surface area (Å²) in [6.45, 7) is 6.12. The van der Waals surface area contributed by atoms with Gasteiger partial charge in [-0.05, 0) is 38.5 Å². The molecule has 1 aliphatic heterocycles. The maximum atomic E-state index is 12.3. The van der Waals surface area contributed by atoms with Gasteiger partial charge >= 0.3 is 5.97 Å². The molecule has 29 heavy (non-hydrogen) atoms. The first-order valence-electron chi connectivity index (χ1n) is 11.8. The van der Waals surface area contributed by atoms with Crippen molar-refractivity contribution in [2.45, 2.75) is 115 Å². The minimum Gasteiger partial charge on any atom is -0.481 e. The van der Waals surface area contributed by atoms with Crippen LogP contribution in [0.15, 0.2) is 0 Å². The number of carboxylic acid groups (broad SMARTS) is 1. The Morgan fingerprint density at radius 2 is 1.79 bits per heavy atom. The highest BCUT2D eigenvalue weighted by Gasteiger charge is 2.31. The second-order valence-corrected chi connectivity index (χ2v) is 9.35. The van der Waals surface area contributed by atoms with Crippen LogP contribution in [0.4, 0.5) is 0 Å². The van der Waals surface area contributed by atoms with E-state index < -0.39 is 5.97 Å². The summed E-state index contributed by atoms with van der Waals surface area (Å²) in [6, 6.07) is 0. The van der Waals surface area contributed by atoms with E-state index in [1.165, 1.54) is 32.1 Å². The summed E-state index contributed by atoms with van der Waals surface area (Å²) in [4.78, 5) is 24.9. The summed E-state index contributed by atoms with van der Waals surface area (Å²) in [7, 11) is 0. The molecule has 0 spiro atoms. The van der Waals surface area contributed by atoms with Gasteiger partial charge in [-0.15, -0.1) is 11.8 Å². The first-order valence-corrected chi connectivity index (χ1v) is 12.9. The van der Waals surface area contributed by atoms with Crippen molar-refractivity contribution >= 4 is 23.6 Å². The van der Waals surface area contributed by atoms with Crippen LogP contribution in [0.25, 0.3) is 0 Å². The Labute approximate surface area is 182 Å². The zero-order valence-corrected chi connectivity index (χ0v) is 19.5. The molecule has 0 saturated carbocycles. The van der Waals surface area contributed by atoms with Crippen molar-refractivity contribution < 1.29 is 19.4 Å². The topological polar surface area (TPSA) is 66.8 Å². The maximum Gasteiger partial charge on any atom is 0.303 e. The molecule has 5 nitrogen and oxygen atoms in total. The number of carbonyl (C=O) groups excluding carboxylic acids is 1. The van der Waals surface area contributed by atoms with Crippen molar-refractivity contribution in [3.05, 3.63) is 0 Å². The Kier molecular flexibility index (Phi) is 15.4. The lowest BCUT2D eigenvalue weighted by Crippen LogP contribution is -2.34. The second kappa shape index (κ2) is 17.0. The van der Waals surface area contributed by atoms with Crippen LogP contribution < -0.4 is 0 Å². The van der Waals surface area contributed by atoms with Crippen molar-refractivity contribution in [2.24, 2.45) is 0 Å². The number of carboxylic acids is 1. The van der Waals surface area contributed by atoms with E-state index in [0.29, 0.717) is 11.9 Å². The molecular formula is C23H43NO4S. The molecule has 1 aliphatic rings. The average molecular weight is 430 g/mol. The number of rotatable bonds is 19. The standard InChI is InChI=1S/C23H43NO4S/c1-3-5-9-13-20(28-18-12-6-4-2)15-16-22-24(21(25)19-29-22)17-11-8-7-10-14-23(26)27/h20,22H,3-19H2,1-2H3,(H,26,27). The van der Waals surface area contributed by atoms with Crippen molar-refractivity contribution in [1.82, 2.24) is 4.90 Å². The Balaban J connectivity index is 2.34. The number of nitrogens with zero attached hydrogens (tertiary/aromatic N) is 1. The summed E-state index contributed by atoms with van der Waals surface area (Å²) < 4.78 is 6.20. The van der Waals surface area contributed by atoms with Crippen LogP contribution in [-0.2, 0) is 14.3 Å². The van der Waals surface area contributed by atoms with Crippen LogP contribution in [0.5, 0.6) is 0 Å². The molecule has 1 saturated heterocycles. The van der Waals surface area contributed by atoms with Crippen LogP contribution in [0, 0.1) is 0 Å². The van der Waals surface area contributed by atoms with Gasteiger partial charge < -0.3 is 14.7 Å². The molecule has 6 heteroatoms. The number of aliphatic carboxylic acids is 1.